The average molecular weight is 432 g/mol. The van der Waals surface area contributed by atoms with E-state index in [2.05, 4.69) is 4.98 Å². The molecule has 1 aromatic heterocycles. The maximum atomic E-state index is 13.2. The van der Waals surface area contributed by atoms with Gasteiger partial charge in [0.15, 0.2) is 17.2 Å². The Morgan fingerprint density at radius 1 is 1.26 bits per heavy atom. The number of aromatic amines is 1. The van der Waals surface area contributed by atoms with Gasteiger partial charge in [0.2, 0.25) is 5.91 Å². The Bertz CT molecular complexity index is 1050. The van der Waals surface area contributed by atoms with E-state index in [1.54, 1.807) is 18.2 Å². The number of nitrogen functional groups attached to an aromatic ring is 1. The number of H-pyrrole nitrogens is 1. The summed E-state index contributed by atoms with van der Waals surface area (Å²) in [7, 11) is 1.50. The zero-order valence-electron chi connectivity index (χ0n) is 17.8. The van der Waals surface area contributed by atoms with Gasteiger partial charge in [-0.1, -0.05) is 19.4 Å². The van der Waals surface area contributed by atoms with Gasteiger partial charge in [-0.25, -0.2) is 4.79 Å². The second kappa shape index (κ2) is 10.2. The van der Waals surface area contributed by atoms with Crippen LogP contribution in [0.2, 0.25) is 0 Å². The minimum absolute atomic E-state index is 0.00726. The molecule has 10 nitrogen and oxygen atoms in total. The molecule has 0 spiro atoms. The standard InChI is InChI=1S/C21H28N4O6/c1-3-4-7-25-19(22)18(20(27)23-21(25)28)24(8-9-29-2)17(26)13-14-5-6-15-16(12-14)31-11-10-30-15/h5-6,12H,3-4,7-11,13,22H2,1-2H3,(H,23,27,28). The van der Waals surface area contributed by atoms with E-state index in [-0.39, 0.29) is 37.0 Å². The third-order valence-corrected chi connectivity index (χ3v) is 5.00. The molecule has 0 radical (unpaired) electrons. The van der Waals surface area contributed by atoms with Crippen LogP contribution in [0, 0.1) is 0 Å². The Labute approximate surface area is 179 Å². The molecule has 2 aromatic rings. The molecule has 0 saturated carbocycles. The van der Waals surface area contributed by atoms with Crippen LogP contribution in [0.4, 0.5) is 11.5 Å². The van der Waals surface area contributed by atoms with Crippen LogP contribution in [0.1, 0.15) is 25.3 Å². The Morgan fingerprint density at radius 3 is 2.71 bits per heavy atom. The highest BCUT2D eigenvalue weighted by molar-refractivity contribution is 5.96. The molecular weight excluding hydrogens is 404 g/mol. The number of rotatable bonds is 9. The molecular formula is C21H28N4O6. The fourth-order valence-corrected chi connectivity index (χ4v) is 3.39. The molecule has 0 unspecified atom stereocenters. The summed E-state index contributed by atoms with van der Waals surface area (Å²) in [6, 6.07) is 5.27. The van der Waals surface area contributed by atoms with Gasteiger partial charge in [-0.05, 0) is 24.1 Å². The van der Waals surface area contributed by atoms with Crippen LogP contribution in [-0.4, -0.2) is 48.9 Å². The van der Waals surface area contributed by atoms with Gasteiger partial charge < -0.3 is 24.8 Å². The van der Waals surface area contributed by atoms with Crippen molar-refractivity contribution in [3.8, 4) is 11.5 Å². The highest BCUT2D eigenvalue weighted by atomic mass is 16.6. The van der Waals surface area contributed by atoms with Gasteiger partial charge in [0, 0.05) is 20.2 Å². The van der Waals surface area contributed by atoms with E-state index < -0.39 is 11.2 Å². The molecule has 1 amide bonds. The molecule has 1 aromatic carbocycles. The zero-order chi connectivity index (χ0) is 22.4. The van der Waals surface area contributed by atoms with Crippen molar-refractivity contribution in [3.05, 3.63) is 44.6 Å². The number of methoxy groups -OCH3 is 1. The number of carbonyl (C=O) groups is 1. The molecule has 0 atom stereocenters. The van der Waals surface area contributed by atoms with Crippen molar-refractivity contribution in [3.63, 3.8) is 0 Å². The summed E-state index contributed by atoms with van der Waals surface area (Å²) in [5.74, 6) is 0.813. The topological polar surface area (TPSA) is 129 Å². The lowest BCUT2D eigenvalue weighted by molar-refractivity contribution is -0.118. The van der Waals surface area contributed by atoms with Crippen molar-refractivity contribution in [2.75, 3.05) is 44.1 Å². The normalized spacial score (nSPS) is 12.6. The Hall–Kier alpha value is -3.27. The van der Waals surface area contributed by atoms with Gasteiger partial charge in [-0.15, -0.1) is 0 Å². The molecule has 0 bridgehead atoms. The third kappa shape index (κ3) is 5.08. The average Bonchev–Trinajstić information content (AvgIpc) is 2.75. The summed E-state index contributed by atoms with van der Waals surface area (Å²) in [6.07, 6.45) is 1.56. The maximum Gasteiger partial charge on any atom is 0.330 e. The molecule has 1 aliphatic heterocycles. The number of amides is 1. The quantitative estimate of drug-likeness (QED) is 0.603. The van der Waals surface area contributed by atoms with Crippen molar-refractivity contribution in [2.45, 2.75) is 32.7 Å². The summed E-state index contributed by atoms with van der Waals surface area (Å²) in [6.45, 7) is 3.55. The fraction of sp³-hybridized carbons (Fsp3) is 0.476. The highest BCUT2D eigenvalue weighted by Gasteiger charge is 2.25. The van der Waals surface area contributed by atoms with Crippen LogP contribution in [0.5, 0.6) is 11.5 Å². The minimum atomic E-state index is -0.707. The van der Waals surface area contributed by atoms with Gasteiger partial charge in [0.1, 0.15) is 19.0 Å². The molecule has 3 N–H and O–H groups in total. The lowest BCUT2D eigenvalue weighted by atomic mass is 10.1. The number of nitrogens with one attached hydrogen (secondary N) is 1. The lowest BCUT2D eigenvalue weighted by Gasteiger charge is -2.25. The molecule has 168 valence electrons. The van der Waals surface area contributed by atoms with Crippen molar-refractivity contribution < 1.29 is 19.0 Å². The van der Waals surface area contributed by atoms with Crippen LogP contribution in [-0.2, 0) is 22.5 Å². The predicted molar refractivity (Wildman–Crippen MR) is 116 cm³/mol. The second-order valence-corrected chi connectivity index (χ2v) is 7.19. The smallest absolute Gasteiger partial charge is 0.330 e. The monoisotopic (exact) mass is 432 g/mol. The number of nitrogens with zero attached hydrogens (tertiary/aromatic N) is 2. The predicted octanol–water partition coefficient (Wildman–Crippen LogP) is 0.912. The van der Waals surface area contributed by atoms with Gasteiger partial charge in [0.25, 0.3) is 5.56 Å². The highest BCUT2D eigenvalue weighted by Crippen LogP contribution is 2.31. The minimum Gasteiger partial charge on any atom is -0.486 e. The Morgan fingerprint density at radius 2 is 2.00 bits per heavy atom. The van der Waals surface area contributed by atoms with Crippen LogP contribution in [0.3, 0.4) is 0 Å². The first-order chi connectivity index (χ1) is 15.0. The van der Waals surface area contributed by atoms with E-state index >= 15 is 0 Å². The van der Waals surface area contributed by atoms with Gasteiger partial charge >= 0.3 is 5.69 Å². The number of benzene rings is 1. The van der Waals surface area contributed by atoms with E-state index in [0.29, 0.717) is 43.2 Å². The van der Waals surface area contributed by atoms with Crippen LogP contribution in [0.15, 0.2) is 27.8 Å². The number of unbranched alkanes of at least 4 members (excludes halogenated alkanes) is 1. The van der Waals surface area contributed by atoms with Gasteiger partial charge in [-0.3, -0.25) is 19.1 Å². The van der Waals surface area contributed by atoms with Gasteiger partial charge in [0.05, 0.1) is 13.0 Å². The Kier molecular flexibility index (Phi) is 7.35. The van der Waals surface area contributed by atoms with Gasteiger partial charge in [-0.2, -0.15) is 0 Å². The van der Waals surface area contributed by atoms with E-state index in [4.69, 9.17) is 19.9 Å². The molecule has 31 heavy (non-hydrogen) atoms. The number of carbonyl (C=O) groups excluding carboxylic acids is 1. The number of hydrogen-bond acceptors (Lipinski definition) is 7. The lowest BCUT2D eigenvalue weighted by Crippen LogP contribution is -2.43. The van der Waals surface area contributed by atoms with Crippen molar-refractivity contribution in [1.29, 1.82) is 0 Å². The van der Waals surface area contributed by atoms with Crippen LogP contribution < -0.4 is 31.4 Å². The molecule has 2 heterocycles. The number of nitrogens with two attached hydrogens (primary N) is 1. The molecule has 0 fully saturated rings. The summed E-state index contributed by atoms with van der Waals surface area (Å²) in [5, 5.41) is 0. The number of fused-ring (bicyclic) bond motifs is 1. The second-order valence-electron chi connectivity index (χ2n) is 7.19. The number of anilines is 2. The fourth-order valence-electron chi connectivity index (χ4n) is 3.39. The number of ether oxygens (including phenoxy) is 3. The van der Waals surface area contributed by atoms with E-state index in [1.165, 1.54) is 16.6 Å². The van der Waals surface area contributed by atoms with Crippen LogP contribution >= 0.6 is 0 Å². The molecule has 10 heteroatoms. The zero-order valence-corrected chi connectivity index (χ0v) is 17.8. The van der Waals surface area contributed by atoms with E-state index in [0.717, 1.165) is 6.42 Å². The van der Waals surface area contributed by atoms with Crippen molar-refractivity contribution in [2.24, 2.45) is 0 Å². The largest absolute Gasteiger partial charge is 0.486 e. The number of hydrogen-bond donors (Lipinski definition) is 2. The first kappa shape index (κ1) is 22.4. The molecule has 0 aliphatic carbocycles. The first-order valence-electron chi connectivity index (χ1n) is 10.3. The van der Waals surface area contributed by atoms with Crippen molar-refractivity contribution in [1.82, 2.24) is 9.55 Å². The summed E-state index contributed by atoms with van der Waals surface area (Å²) in [4.78, 5) is 41.6. The van der Waals surface area contributed by atoms with Crippen LogP contribution in [0.25, 0.3) is 0 Å². The summed E-state index contributed by atoms with van der Waals surface area (Å²) < 4.78 is 17.5. The maximum absolute atomic E-state index is 13.2. The Balaban J connectivity index is 1.94. The van der Waals surface area contributed by atoms with E-state index in [9.17, 15) is 14.4 Å². The SMILES string of the molecule is CCCCn1c(N)c(N(CCOC)C(=O)Cc2ccc3c(c2)OCCO3)c(=O)[nH]c1=O. The van der Waals surface area contributed by atoms with Crippen molar-refractivity contribution >= 4 is 17.4 Å². The van der Waals surface area contributed by atoms with E-state index in [1.807, 2.05) is 6.92 Å². The summed E-state index contributed by atoms with van der Waals surface area (Å²) in [5.41, 5.74) is 5.55. The summed E-state index contributed by atoms with van der Waals surface area (Å²) >= 11 is 0. The number of aromatic nitrogens is 2. The molecule has 0 saturated heterocycles. The molecule has 1 aliphatic rings. The third-order valence-electron chi connectivity index (χ3n) is 5.00. The first-order valence-corrected chi connectivity index (χ1v) is 10.3. The molecule has 3 rings (SSSR count).